The van der Waals surface area contributed by atoms with Gasteiger partial charge in [-0.2, -0.15) is 4.98 Å². The van der Waals surface area contributed by atoms with Crippen molar-refractivity contribution in [1.29, 1.82) is 0 Å². The highest BCUT2D eigenvalue weighted by atomic mass is 16.5. The van der Waals surface area contributed by atoms with Gasteiger partial charge in [-0.1, -0.05) is 18.1 Å². The van der Waals surface area contributed by atoms with Gasteiger partial charge in [0.1, 0.15) is 0 Å². The molecule has 1 N–H and O–H groups in total. The number of aryl methyl sites for hydroxylation is 2. The normalized spacial score (nSPS) is 22.8. The molecule has 0 aliphatic carbocycles. The third-order valence-electron chi connectivity index (χ3n) is 5.66. The van der Waals surface area contributed by atoms with Crippen molar-refractivity contribution in [2.24, 2.45) is 0 Å². The number of likely N-dealkylation sites (N-methyl/N-ethyl adjacent to an activating group) is 1. The van der Waals surface area contributed by atoms with Gasteiger partial charge in [-0.3, -0.25) is 4.90 Å². The van der Waals surface area contributed by atoms with Gasteiger partial charge in [-0.05, 0) is 38.1 Å². The Kier molecular flexibility index (Phi) is 5.32. The molecule has 0 saturated carbocycles. The molecule has 2 aliphatic heterocycles. The van der Waals surface area contributed by atoms with Crippen LogP contribution in [0.15, 0.2) is 22.7 Å². The average Bonchev–Trinajstić information content (AvgIpc) is 3.19. The molecule has 0 radical (unpaired) electrons. The SMILES string of the molecule is CCc1noc(-c2ccc(C)c(NC(=O)N3CC[C@@H]4OCCN(C)[C@H]4C3)c2)n1. The molecule has 2 atom stereocenters. The van der Waals surface area contributed by atoms with E-state index in [0.717, 1.165) is 36.4 Å². The number of morpholine rings is 1. The van der Waals surface area contributed by atoms with Crippen LogP contribution in [0.4, 0.5) is 10.5 Å². The van der Waals surface area contributed by atoms with Gasteiger partial charge in [0.2, 0.25) is 0 Å². The van der Waals surface area contributed by atoms with Gasteiger partial charge in [0.15, 0.2) is 5.82 Å². The lowest BCUT2D eigenvalue weighted by Crippen LogP contribution is -2.60. The second-order valence-corrected chi connectivity index (χ2v) is 7.52. The van der Waals surface area contributed by atoms with E-state index >= 15 is 0 Å². The van der Waals surface area contributed by atoms with Crippen molar-refractivity contribution >= 4 is 11.7 Å². The predicted molar refractivity (Wildman–Crippen MR) is 105 cm³/mol. The summed E-state index contributed by atoms with van der Waals surface area (Å²) in [4.78, 5) is 21.4. The molecule has 8 heteroatoms. The van der Waals surface area contributed by atoms with E-state index in [9.17, 15) is 4.79 Å². The third-order valence-corrected chi connectivity index (χ3v) is 5.66. The van der Waals surface area contributed by atoms with Crippen molar-refractivity contribution in [1.82, 2.24) is 19.9 Å². The first-order chi connectivity index (χ1) is 13.5. The monoisotopic (exact) mass is 385 g/mol. The van der Waals surface area contributed by atoms with Crippen LogP contribution < -0.4 is 5.32 Å². The number of benzene rings is 1. The molecule has 8 nitrogen and oxygen atoms in total. The molecule has 2 aromatic rings. The highest BCUT2D eigenvalue weighted by molar-refractivity contribution is 5.91. The Morgan fingerprint density at radius 3 is 3.00 bits per heavy atom. The maximum absolute atomic E-state index is 12.9. The first kappa shape index (κ1) is 18.9. The van der Waals surface area contributed by atoms with Crippen LogP contribution in [0.5, 0.6) is 0 Å². The Bertz CT molecular complexity index is 852. The fraction of sp³-hybridized carbons (Fsp3) is 0.550. The van der Waals surface area contributed by atoms with E-state index in [1.54, 1.807) is 0 Å². The van der Waals surface area contributed by atoms with Gasteiger partial charge in [-0.15, -0.1) is 0 Å². The molecule has 0 unspecified atom stereocenters. The zero-order valence-corrected chi connectivity index (χ0v) is 16.6. The highest BCUT2D eigenvalue weighted by Gasteiger charge is 2.36. The zero-order chi connectivity index (χ0) is 19.7. The second-order valence-electron chi connectivity index (χ2n) is 7.52. The van der Waals surface area contributed by atoms with Crippen LogP contribution in [0.2, 0.25) is 0 Å². The summed E-state index contributed by atoms with van der Waals surface area (Å²) in [7, 11) is 2.10. The molecular formula is C20H27N5O3. The van der Waals surface area contributed by atoms with E-state index in [-0.39, 0.29) is 18.2 Å². The van der Waals surface area contributed by atoms with E-state index in [0.29, 0.717) is 31.2 Å². The first-order valence-electron chi connectivity index (χ1n) is 9.86. The van der Waals surface area contributed by atoms with Crippen molar-refractivity contribution in [3.8, 4) is 11.5 Å². The maximum Gasteiger partial charge on any atom is 0.321 e. The molecule has 150 valence electrons. The fourth-order valence-electron chi connectivity index (χ4n) is 3.82. The molecule has 4 rings (SSSR count). The molecule has 2 fully saturated rings. The summed E-state index contributed by atoms with van der Waals surface area (Å²) in [5.41, 5.74) is 2.54. The molecule has 3 heterocycles. The number of rotatable bonds is 3. The summed E-state index contributed by atoms with van der Waals surface area (Å²) in [6.45, 7) is 7.00. The standard InChI is InChI=1S/C20H27N5O3/c1-4-18-22-19(28-23-18)14-6-5-13(2)15(11-14)21-20(26)25-8-7-17-16(12-25)24(3)9-10-27-17/h5-6,11,16-17H,4,7-10,12H2,1-3H3,(H,21,26)/t16-,17-/m0/s1. The smallest absolute Gasteiger partial charge is 0.321 e. The fourth-order valence-corrected chi connectivity index (χ4v) is 3.82. The van der Waals surface area contributed by atoms with Crippen LogP contribution in [0, 0.1) is 6.92 Å². The Morgan fingerprint density at radius 2 is 2.21 bits per heavy atom. The summed E-state index contributed by atoms with van der Waals surface area (Å²) >= 11 is 0. The number of carbonyl (C=O) groups excluding carboxylic acids is 1. The highest BCUT2D eigenvalue weighted by Crippen LogP contribution is 2.26. The molecule has 2 aliphatic rings. The number of hydrogen-bond acceptors (Lipinski definition) is 6. The quantitative estimate of drug-likeness (QED) is 0.874. The topological polar surface area (TPSA) is 83.7 Å². The number of fused-ring (bicyclic) bond motifs is 1. The van der Waals surface area contributed by atoms with Crippen LogP contribution >= 0.6 is 0 Å². The lowest BCUT2D eigenvalue weighted by molar-refractivity contribution is -0.0875. The van der Waals surface area contributed by atoms with Crippen LogP contribution in [-0.2, 0) is 11.2 Å². The first-order valence-corrected chi connectivity index (χ1v) is 9.86. The Balaban J connectivity index is 1.47. The maximum atomic E-state index is 12.9. The number of nitrogens with zero attached hydrogens (tertiary/aromatic N) is 4. The number of likely N-dealkylation sites (tertiary alicyclic amines) is 1. The number of aromatic nitrogens is 2. The minimum absolute atomic E-state index is 0.0857. The third kappa shape index (κ3) is 3.74. The summed E-state index contributed by atoms with van der Waals surface area (Å²) in [5.74, 6) is 1.14. The second kappa shape index (κ2) is 7.89. The average molecular weight is 385 g/mol. The van der Waals surface area contributed by atoms with E-state index < -0.39 is 0 Å². The molecule has 28 heavy (non-hydrogen) atoms. The van der Waals surface area contributed by atoms with E-state index in [4.69, 9.17) is 9.26 Å². The largest absolute Gasteiger partial charge is 0.375 e. The molecule has 0 spiro atoms. The lowest BCUT2D eigenvalue weighted by Gasteiger charge is -2.45. The number of amides is 2. The molecule has 1 aromatic carbocycles. The predicted octanol–water partition coefficient (Wildman–Crippen LogP) is 2.54. The molecule has 2 saturated heterocycles. The van der Waals surface area contributed by atoms with Gasteiger partial charge in [0.05, 0.1) is 18.8 Å². The molecule has 0 bridgehead atoms. The Labute approximate surface area is 164 Å². The Hall–Kier alpha value is -2.45. The van der Waals surface area contributed by atoms with Gasteiger partial charge in [0.25, 0.3) is 5.89 Å². The van der Waals surface area contributed by atoms with Gasteiger partial charge >= 0.3 is 6.03 Å². The lowest BCUT2D eigenvalue weighted by atomic mass is 9.99. The summed E-state index contributed by atoms with van der Waals surface area (Å²) in [6, 6.07) is 5.94. The minimum atomic E-state index is -0.0857. The van der Waals surface area contributed by atoms with Crippen LogP contribution in [0.3, 0.4) is 0 Å². The molecule has 1 aromatic heterocycles. The van der Waals surface area contributed by atoms with E-state index in [1.807, 2.05) is 36.9 Å². The molecular weight excluding hydrogens is 358 g/mol. The summed E-state index contributed by atoms with van der Waals surface area (Å²) < 4.78 is 11.2. The van der Waals surface area contributed by atoms with Gasteiger partial charge < -0.3 is 19.5 Å². The van der Waals surface area contributed by atoms with Gasteiger partial charge in [0, 0.05) is 37.3 Å². The van der Waals surface area contributed by atoms with E-state index in [1.165, 1.54) is 0 Å². The number of hydrogen-bond donors (Lipinski definition) is 1. The minimum Gasteiger partial charge on any atom is -0.375 e. The van der Waals surface area contributed by atoms with Crippen LogP contribution in [0.25, 0.3) is 11.5 Å². The number of carbonyl (C=O) groups is 1. The van der Waals surface area contributed by atoms with Crippen molar-refractivity contribution in [2.45, 2.75) is 38.8 Å². The van der Waals surface area contributed by atoms with Crippen LogP contribution in [0.1, 0.15) is 24.7 Å². The number of anilines is 1. The van der Waals surface area contributed by atoms with Gasteiger partial charge in [-0.25, -0.2) is 4.79 Å². The van der Waals surface area contributed by atoms with E-state index in [2.05, 4.69) is 27.4 Å². The number of ether oxygens (including phenoxy) is 1. The van der Waals surface area contributed by atoms with Crippen molar-refractivity contribution in [3.63, 3.8) is 0 Å². The zero-order valence-electron chi connectivity index (χ0n) is 16.6. The van der Waals surface area contributed by atoms with Crippen molar-refractivity contribution < 1.29 is 14.1 Å². The number of nitrogens with one attached hydrogen (secondary N) is 1. The number of urea groups is 1. The molecule has 2 amide bonds. The summed E-state index contributed by atoms with van der Waals surface area (Å²) in [5, 5.41) is 7.00. The number of piperidine rings is 1. The van der Waals surface area contributed by atoms with Crippen molar-refractivity contribution in [3.05, 3.63) is 29.6 Å². The Morgan fingerprint density at radius 1 is 1.36 bits per heavy atom. The summed E-state index contributed by atoms with van der Waals surface area (Å²) in [6.07, 6.45) is 1.80. The van der Waals surface area contributed by atoms with Crippen LogP contribution in [-0.4, -0.2) is 71.4 Å². The van der Waals surface area contributed by atoms with Crippen molar-refractivity contribution in [2.75, 3.05) is 38.6 Å².